The Bertz CT molecular complexity index is 528. The maximum absolute atomic E-state index is 5.40. The van der Waals surface area contributed by atoms with E-state index in [2.05, 4.69) is 22.2 Å². The molecule has 0 aliphatic heterocycles. The van der Waals surface area contributed by atoms with E-state index in [1.807, 2.05) is 44.9 Å². The number of rotatable bonds is 5. The third-order valence-corrected chi connectivity index (χ3v) is 3.29. The summed E-state index contributed by atoms with van der Waals surface area (Å²) >= 11 is 0. The van der Waals surface area contributed by atoms with Crippen LogP contribution in [-0.2, 0) is 13.6 Å². The Kier molecular flexibility index (Phi) is 3.95. The topological polar surface area (TPSA) is 46.2 Å². The number of hydrogen-bond donors (Lipinski definition) is 1. The van der Waals surface area contributed by atoms with Gasteiger partial charge in [-0.3, -0.25) is 4.68 Å². The normalized spacial score (nSPS) is 12.7. The van der Waals surface area contributed by atoms with Crippen LogP contribution >= 0.6 is 0 Å². The van der Waals surface area contributed by atoms with E-state index in [0.717, 1.165) is 23.8 Å². The van der Waals surface area contributed by atoms with Crippen LogP contribution in [0.15, 0.2) is 22.8 Å². The predicted molar refractivity (Wildman–Crippen MR) is 76.2 cm³/mol. The summed E-state index contributed by atoms with van der Waals surface area (Å²) in [5.41, 5.74) is 2.29. The number of hydrogen-bond acceptors (Lipinski definition) is 4. The molecule has 5 nitrogen and oxygen atoms in total. The third-order valence-electron chi connectivity index (χ3n) is 3.29. The van der Waals surface area contributed by atoms with Crippen LogP contribution in [0.4, 0.5) is 5.82 Å². The molecular weight excluding hydrogens is 240 g/mol. The van der Waals surface area contributed by atoms with Gasteiger partial charge in [-0.15, -0.1) is 0 Å². The molecule has 0 saturated carbocycles. The smallest absolute Gasteiger partial charge is 0.130 e. The van der Waals surface area contributed by atoms with Gasteiger partial charge in [0, 0.05) is 33.3 Å². The van der Waals surface area contributed by atoms with E-state index >= 15 is 0 Å². The van der Waals surface area contributed by atoms with Crippen LogP contribution < -0.4 is 10.2 Å². The highest BCUT2D eigenvalue weighted by molar-refractivity contribution is 5.48. The fourth-order valence-electron chi connectivity index (χ4n) is 2.35. The average Bonchev–Trinajstić information content (AvgIpc) is 2.94. The number of anilines is 1. The molecule has 0 amide bonds. The minimum Gasteiger partial charge on any atom is -0.468 e. The van der Waals surface area contributed by atoms with Crippen molar-refractivity contribution in [3.8, 4) is 0 Å². The lowest BCUT2D eigenvalue weighted by atomic mass is 10.2. The van der Waals surface area contributed by atoms with Crippen molar-refractivity contribution in [2.75, 3.05) is 19.0 Å². The maximum Gasteiger partial charge on any atom is 0.130 e. The molecule has 1 unspecified atom stereocenters. The van der Waals surface area contributed by atoms with E-state index in [1.54, 1.807) is 6.26 Å². The van der Waals surface area contributed by atoms with Gasteiger partial charge in [0.2, 0.25) is 0 Å². The highest BCUT2D eigenvalue weighted by Crippen LogP contribution is 2.22. The fourth-order valence-corrected chi connectivity index (χ4v) is 2.35. The molecule has 2 rings (SSSR count). The monoisotopic (exact) mass is 262 g/mol. The van der Waals surface area contributed by atoms with Crippen molar-refractivity contribution in [2.45, 2.75) is 26.4 Å². The van der Waals surface area contributed by atoms with Crippen LogP contribution in [0, 0.1) is 6.92 Å². The largest absolute Gasteiger partial charge is 0.468 e. The summed E-state index contributed by atoms with van der Waals surface area (Å²) in [6.45, 7) is 4.91. The molecule has 1 atom stereocenters. The van der Waals surface area contributed by atoms with Gasteiger partial charge < -0.3 is 14.6 Å². The Morgan fingerprint density at radius 3 is 2.79 bits per heavy atom. The van der Waals surface area contributed by atoms with Gasteiger partial charge in [-0.2, -0.15) is 5.10 Å². The number of aryl methyl sites for hydroxylation is 2. The fraction of sp³-hybridized carbons (Fsp3) is 0.500. The van der Waals surface area contributed by atoms with Crippen molar-refractivity contribution < 1.29 is 4.42 Å². The molecule has 2 aromatic heterocycles. The lowest BCUT2D eigenvalue weighted by Crippen LogP contribution is -2.21. The summed E-state index contributed by atoms with van der Waals surface area (Å²) in [4.78, 5) is 2.09. The van der Waals surface area contributed by atoms with Gasteiger partial charge in [0.05, 0.1) is 18.0 Å². The van der Waals surface area contributed by atoms with Crippen LogP contribution in [0.25, 0.3) is 0 Å². The summed E-state index contributed by atoms with van der Waals surface area (Å²) < 4.78 is 7.32. The first-order chi connectivity index (χ1) is 9.00. The first-order valence-corrected chi connectivity index (χ1v) is 6.47. The molecule has 0 aliphatic rings. The van der Waals surface area contributed by atoms with Crippen LogP contribution in [0.2, 0.25) is 0 Å². The van der Waals surface area contributed by atoms with E-state index < -0.39 is 0 Å². The quantitative estimate of drug-likeness (QED) is 0.897. The van der Waals surface area contributed by atoms with Crippen molar-refractivity contribution in [1.82, 2.24) is 15.1 Å². The van der Waals surface area contributed by atoms with Crippen molar-refractivity contribution in [1.29, 1.82) is 0 Å². The molecule has 1 N–H and O–H groups in total. The van der Waals surface area contributed by atoms with Crippen LogP contribution in [0.3, 0.4) is 0 Å². The molecule has 0 radical (unpaired) electrons. The molecule has 0 bridgehead atoms. The second kappa shape index (κ2) is 5.48. The molecule has 2 aromatic rings. The molecule has 0 aliphatic carbocycles. The molecule has 0 saturated heterocycles. The van der Waals surface area contributed by atoms with Gasteiger partial charge in [-0.1, -0.05) is 0 Å². The van der Waals surface area contributed by atoms with Crippen molar-refractivity contribution in [2.24, 2.45) is 7.05 Å². The summed E-state index contributed by atoms with van der Waals surface area (Å²) in [5, 5.41) is 7.96. The van der Waals surface area contributed by atoms with E-state index in [0.29, 0.717) is 0 Å². The standard InChI is InChI=1S/C14H22N4O/c1-10-12(14(17(3)4)18(5)16-10)9-15-11(2)13-7-6-8-19-13/h6-8,11,15H,9H2,1-5H3. The minimum absolute atomic E-state index is 0.185. The predicted octanol–water partition coefficient (Wildman–Crippen LogP) is 2.24. The Hall–Kier alpha value is -1.75. The molecule has 5 heteroatoms. The Labute approximate surface area is 114 Å². The van der Waals surface area contributed by atoms with E-state index in [4.69, 9.17) is 4.42 Å². The first kappa shape index (κ1) is 13.7. The summed E-state index contributed by atoms with van der Waals surface area (Å²) in [6, 6.07) is 4.08. The lowest BCUT2D eigenvalue weighted by molar-refractivity contribution is 0.430. The van der Waals surface area contributed by atoms with E-state index in [1.165, 1.54) is 5.56 Å². The zero-order chi connectivity index (χ0) is 14.0. The molecule has 19 heavy (non-hydrogen) atoms. The van der Waals surface area contributed by atoms with E-state index in [-0.39, 0.29) is 6.04 Å². The van der Waals surface area contributed by atoms with Gasteiger partial charge in [0.25, 0.3) is 0 Å². The van der Waals surface area contributed by atoms with Crippen molar-refractivity contribution in [3.63, 3.8) is 0 Å². The SMILES string of the molecule is Cc1nn(C)c(N(C)C)c1CNC(C)c1ccco1. The number of nitrogens with one attached hydrogen (secondary N) is 1. The zero-order valence-electron chi connectivity index (χ0n) is 12.3. The van der Waals surface area contributed by atoms with Crippen molar-refractivity contribution >= 4 is 5.82 Å². The van der Waals surface area contributed by atoms with Gasteiger partial charge in [-0.05, 0) is 26.0 Å². The van der Waals surface area contributed by atoms with Crippen molar-refractivity contribution in [3.05, 3.63) is 35.4 Å². The molecule has 0 aromatic carbocycles. The molecule has 0 spiro atoms. The number of furan rings is 1. The highest BCUT2D eigenvalue weighted by atomic mass is 16.3. The Balaban J connectivity index is 2.11. The molecule has 2 heterocycles. The highest BCUT2D eigenvalue weighted by Gasteiger charge is 2.16. The maximum atomic E-state index is 5.40. The lowest BCUT2D eigenvalue weighted by Gasteiger charge is -2.17. The number of aromatic nitrogens is 2. The zero-order valence-corrected chi connectivity index (χ0v) is 12.3. The number of nitrogens with zero attached hydrogens (tertiary/aromatic N) is 3. The summed E-state index contributed by atoms with van der Waals surface area (Å²) in [7, 11) is 6.05. The molecular formula is C14H22N4O. The minimum atomic E-state index is 0.185. The van der Waals surface area contributed by atoms with Crippen LogP contribution in [0.1, 0.15) is 30.0 Å². The van der Waals surface area contributed by atoms with Gasteiger partial charge in [0.1, 0.15) is 11.6 Å². The van der Waals surface area contributed by atoms with Gasteiger partial charge >= 0.3 is 0 Å². The second-order valence-electron chi connectivity index (χ2n) is 5.02. The van der Waals surface area contributed by atoms with E-state index in [9.17, 15) is 0 Å². The van der Waals surface area contributed by atoms with Gasteiger partial charge in [-0.25, -0.2) is 0 Å². The second-order valence-corrected chi connectivity index (χ2v) is 5.02. The Morgan fingerprint density at radius 2 is 2.21 bits per heavy atom. The van der Waals surface area contributed by atoms with Gasteiger partial charge in [0.15, 0.2) is 0 Å². The average molecular weight is 262 g/mol. The Morgan fingerprint density at radius 1 is 1.47 bits per heavy atom. The molecule has 104 valence electrons. The third kappa shape index (κ3) is 2.81. The van der Waals surface area contributed by atoms with Crippen LogP contribution in [-0.4, -0.2) is 23.9 Å². The molecule has 0 fully saturated rings. The van der Waals surface area contributed by atoms with Crippen LogP contribution in [0.5, 0.6) is 0 Å². The summed E-state index contributed by atoms with van der Waals surface area (Å²) in [5.74, 6) is 2.09. The summed E-state index contributed by atoms with van der Waals surface area (Å²) in [6.07, 6.45) is 1.70. The first-order valence-electron chi connectivity index (χ1n) is 6.47.